The minimum atomic E-state index is 0.529. The Morgan fingerprint density at radius 2 is 2.05 bits per heavy atom. The smallest absolute Gasteiger partial charge is 0.0866 e. The van der Waals surface area contributed by atoms with Crippen molar-refractivity contribution in [1.29, 1.82) is 0 Å². The Morgan fingerprint density at radius 1 is 1.21 bits per heavy atom. The van der Waals surface area contributed by atoms with E-state index < -0.39 is 0 Å². The van der Waals surface area contributed by atoms with E-state index in [0.717, 1.165) is 17.0 Å². The average Bonchev–Trinajstić information content (AvgIpc) is 2.78. The highest BCUT2D eigenvalue weighted by molar-refractivity contribution is 5.88. The lowest BCUT2D eigenvalue weighted by atomic mass is 10.1. The molecule has 2 aromatic heterocycles. The fourth-order valence-electron chi connectivity index (χ4n) is 2.56. The lowest BCUT2D eigenvalue weighted by Gasteiger charge is -2.06. The maximum atomic E-state index is 5.60. The van der Waals surface area contributed by atoms with E-state index >= 15 is 0 Å². The van der Waals surface area contributed by atoms with Gasteiger partial charge in [-0.05, 0) is 30.2 Å². The summed E-state index contributed by atoms with van der Waals surface area (Å²) in [4.78, 5) is 4.50. The van der Waals surface area contributed by atoms with E-state index in [1.807, 2.05) is 18.3 Å². The lowest BCUT2D eigenvalue weighted by molar-refractivity contribution is 0.962. The first kappa shape index (κ1) is 11.9. The zero-order valence-corrected chi connectivity index (χ0v) is 11.2. The molecular formula is C16H17N3. The SMILES string of the molecule is Cc1cccc2cc(-c3ccc(CN)cn3)n(C)c12. The molecule has 0 unspecified atom stereocenters. The molecule has 2 N–H and O–H groups in total. The second kappa shape index (κ2) is 4.52. The monoisotopic (exact) mass is 251 g/mol. The van der Waals surface area contributed by atoms with Gasteiger partial charge in [0.15, 0.2) is 0 Å². The molecule has 3 heteroatoms. The van der Waals surface area contributed by atoms with E-state index in [9.17, 15) is 0 Å². The number of hydrogen-bond donors (Lipinski definition) is 1. The summed E-state index contributed by atoms with van der Waals surface area (Å²) in [6.07, 6.45) is 1.85. The lowest BCUT2D eigenvalue weighted by Crippen LogP contribution is -1.98. The fourth-order valence-corrected chi connectivity index (χ4v) is 2.56. The van der Waals surface area contributed by atoms with Crippen LogP contribution in [0.3, 0.4) is 0 Å². The van der Waals surface area contributed by atoms with Crippen LogP contribution in [0.2, 0.25) is 0 Å². The third-order valence-electron chi connectivity index (χ3n) is 3.58. The van der Waals surface area contributed by atoms with Crippen LogP contribution in [0, 0.1) is 6.92 Å². The van der Waals surface area contributed by atoms with Gasteiger partial charge in [-0.1, -0.05) is 24.3 Å². The van der Waals surface area contributed by atoms with Gasteiger partial charge in [0, 0.05) is 25.2 Å². The predicted octanol–water partition coefficient (Wildman–Crippen LogP) is 3.01. The maximum absolute atomic E-state index is 5.60. The molecule has 19 heavy (non-hydrogen) atoms. The Morgan fingerprint density at radius 3 is 2.68 bits per heavy atom. The van der Waals surface area contributed by atoms with E-state index in [0.29, 0.717) is 6.54 Å². The number of nitrogens with zero attached hydrogens (tertiary/aromatic N) is 2. The molecule has 0 saturated heterocycles. The van der Waals surface area contributed by atoms with Crippen LogP contribution in [0.15, 0.2) is 42.6 Å². The molecule has 0 aliphatic rings. The summed E-state index contributed by atoms with van der Waals surface area (Å²) in [5.41, 5.74) is 11.3. The van der Waals surface area contributed by atoms with Gasteiger partial charge in [0.2, 0.25) is 0 Å². The van der Waals surface area contributed by atoms with Gasteiger partial charge in [0.05, 0.1) is 16.9 Å². The Balaban J connectivity index is 2.19. The molecule has 0 amide bonds. The third kappa shape index (κ3) is 1.92. The van der Waals surface area contributed by atoms with Crippen molar-refractivity contribution in [2.75, 3.05) is 0 Å². The highest BCUT2D eigenvalue weighted by Crippen LogP contribution is 2.27. The highest BCUT2D eigenvalue weighted by atomic mass is 15.0. The second-order valence-electron chi connectivity index (χ2n) is 4.86. The first-order valence-electron chi connectivity index (χ1n) is 6.41. The molecular weight excluding hydrogens is 234 g/mol. The first-order valence-corrected chi connectivity index (χ1v) is 6.41. The van der Waals surface area contributed by atoms with Crippen molar-refractivity contribution in [3.63, 3.8) is 0 Å². The summed E-state index contributed by atoms with van der Waals surface area (Å²) >= 11 is 0. The predicted molar refractivity (Wildman–Crippen MR) is 78.8 cm³/mol. The number of aryl methyl sites for hydroxylation is 2. The van der Waals surface area contributed by atoms with Crippen LogP contribution in [0.25, 0.3) is 22.3 Å². The molecule has 0 atom stereocenters. The van der Waals surface area contributed by atoms with Crippen molar-refractivity contribution in [1.82, 2.24) is 9.55 Å². The fraction of sp³-hybridized carbons (Fsp3) is 0.188. The standard InChI is InChI=1S/C16H17N3/c1-11-4-3-5-13-8-15(19(2)16(11)13)14-7-6-12(9-17)10-18-14/h3-8,10H,9,17H2,1-2H3. The van der Waals surface area contributed by atoms with Crippen LogP contribution >= 0.6 is 0 Å². The molecule has 1 aromatic carbocycles. The topological polar surface area (TPSA) is 43.8 Å². The number of fused-ring (bicyclic) bond motifs is 1. The molecule has 96 valence electrons. The van der Waals surface area contributed by atoms with Crippen LogP contribution in [0.1, 0.15) is 11.1 Å². The summed E-state index contributed by atoms with van der Waals surface area (Å²) in [7, 11) is 2.09. The van der Waals surface area contributed by atoms with Crippen molar-refractivity contribution >= 4 is 10.9 Å². The van der Waals surface area contributed by atoms with E-state index in [1.54, 1.807) is 0 Å². The number of pyridine rings is 1. The van der Waals surface area contributed by atoms with Crippen molar-refractivity contribution in [3.8, 4) is 11.4 Å². The van der Waals surface area contributed by atoms with Gasteiger partial charge in [0.1, 0.15) is 0 Å². The highest BCUT2D eigenvalue weighted by Gasteiger charge is 2.10. The number of hydrogen-bond acceptors (Lipinski definition) is 2. The summed E-state index contributed by atoms with van der Waals surface area (Å²) < 4.78 is 2.20. The van der Waals surface area contributed by atoms with Gasteiger partial charge >= 0.3 is 0 Å². The van der Waals surface area contributed by atoms with Gasteiger partial charge in [0.25, 0.3) is 0 Å². The van der Waals surface area contributed by atoms with Gasteiger partial charge < -0.3 is 10.3 Å². The Bertz CT molecular complexity index is 724. The Kier molecular flexibility index (Phi) is 2.84. The summed E-state index contributed by atoms with van der Waals surface area (Å²) in [6, 6.07) is 12.6. The van der Waals surface area contributed by atoms with Crippen molar-refractivity contribution in [3.05, 3.63) is 53.7 Å². The van der Waals surface area contributed by atoms with E-state index in [-0.39, 0.29) is 0 Å². The van der Waals surface area contributed by atoms with E-state index in [2.05, 4.69) is 47.8 Å². The molecule has 0 radical (unpaired) electrons. The molecule has 3 rings (SSSR count). The van der Waals surface area contributed by atoms with Gasteiger partial charge in [-0.3, -0.25) is 4.98 Å². The molecule has 3 aromatic rings. The zero-order valence-electron chi connectivity index (χ0n) is 11.2. The van der Waals surface area contributed by atoms with Crippen molar-refractivity contribution < 1.29 is 0 Å². The van der Waals surface area contributed by atoms with Crippen LogP contribution in [-0.2, 0) is 13.6 Å². The Hall–Kier alpha value is -2.13. The first-order chi connectivity index (χ1) is 9.20. The molecule has 0 saturated carbocycles. The van der Waals surface area contributed by atoms with Crippen molar-refractivity contribution in [2.45, 2.75) is 13.5 Å². The number of rotatable bonds is 2. The van der Waals surface area contributed by atoms with Gasteiger partial charge in [-0.15, -0.1) is 0 Å². The molecule has 2 heterocycles. The van der Waals surface area contributed by atoms with Crippen molar-refractivity contribution in [2.24, 2.45) is 12.8 Å². The average molecular weight is 251 g/mol. The van der Waals surface area contributed by atoms with Crippen LogP contribution in [0.5, 0.6) is 0 Å². The molecule has 0 fully saturated rings. The number of para-hydroxylation sites is 1. The molecule has 0 spiro atoms. The minimum Gasteiger partial charge on any atom is -0.342 e. The van der Waals surface area contributed by atoms with E-state index in [1.165, 1.54) is 16.5 Å². The quantitative estimate of drug-likeness (QED) is 0.761. The summed E-state index contributed by atoms with van der Waals surface area (Å²) in [5.74, 6) is 0. The van der Waals surface area contributed by atoms with Gasteiger partial charge in [-0.25, -0.2) is 0 Å². The third-order valence-corrected chi connectivity index (χ3v) is 3.58. The maximum Gasteiger partial charge on any atom is 0.0866 e. The minimum absolute atomic E-state index is 0.529. The van der Waals surface area contributed by atoms with Crippen LogP contribution in [0.4, 0.5) is 0 Å². The second-order valence-corrected chi connectivity index (χ2v) is 4.86. The number of benzene rings is 1. The molecule has 0 aliphatic carbocycles. The van der Waals surface area contributed by atoms with Crippen LogP contribution < -0.4 is 5.73 Å². The van der Waals surface area contributed by atoms with Crippen LogP contribution in [-0.4, -0.2) is 9.55 Å². The Labute approximate surface area is 112 Å². The summed E-state index contributed by atoms with van der Waals surface area (Å²) in [6.45, 7) is 2.67. The normalized spacial score (nSPS) is 11.1. The summed E-state index contributed by atoms with van der Waals surface area (Å²) in [5, 5.41) is 1.25. The molecule has 3 nitrogen and oxygen atoms in total. The van der Waals surface area contributed by atoms with Gasteiger partial charge in [-0.2, -0.15) is 0 Å². The number of aromatic nitrogens is 2. The zero-order chi connectivity index (χ0) is 13.4. The largest absolute Gasteiger partial charge is 0.342 e. The molecule has 0 aliphatic heterocycles. The van der Waals surface area contributed by atoms with E-state index in [4.69, 9.17) is 5.73 Å². The number of nitrogens with two attached hydrogens (primary N) is 1. The molecule has 0 bridgehead atoms.